The number of fused-ring (bicyclic) bond motifs is 2. The molecule has 4 heteroatoms. The summed E-state index contributed by atoms with van der Waals surface area (Å²) in [6.45, 7) is 9.20. The minimum absolute atomic E-state index is 0.522. The van der Waals surface area contributed by atoms with Crippen LogP contribution in [-0.2, 0) is 25.7 Å². The maximum atomic E-state index is 7.55. The molecule has 9 aromatic rings. The molecule has 0 aliphatic carbocycles. The smallest absolute Gasteiger partial charge is 0.213 e. The van der Waals surface area contributed by atoms with Crippen LogP contribution < -0.4 is 18.9 Å². The Labute approximate surface area is 582 Å². The molecule has 0 saturated carbocycles. The van der Waals surface area contributed by atoms with Gasteiger partial charge in [-0.3, -0.25) is 0 Å². The molecule has 0 aliphatic rings. The van der Waals surface area contributed by atoms with Crippen LogP contribution in [0.1, 0.15) is 307 Å². The molecule has 0 spiro atoms. The zero-order valence-corrected chi connectivity index (χ0v) is 60.6. The molecule has 9 rings (SSSR count). The largest absolute Gasteiger partial charge is 0.457 e. The Bertz CT molecular complexity index is 3540. The predicted octanol–water partition coefficient (Wildman–Crippen LogP) is 30.8. The molecule has 516 valence electrons. The predicted molar refractivity (Wildman–Crippen MR) is 416 cm³/mol. The molecular formula is C92H124O4. The van der Waals surface area contributed by atoms with Crippen LogP contribution in [0.25, 0.3) is 43.1 Å². The van der Waals surface area contributed by atoms with Gasteiger partial charge in [0.15, 0.2) is 11.5 Å². The van der Waals surface area contributed by atoms with Crippen LogP contribution in [0.5, 0.6) is 46.0 Å². The SMILES string of the molecule is CCCCCCCCCCCCc1ccc(Oc2c(Oc3ccc(CCCCCCCCCCCC)cc3)c3c(Oc4ccc(CCCCCCCCCCCC)cc4)ccc4c5cccc6cccc(c(c2Oc2ccc(CCCCCCCCCCCC)cc2)c34)c65)cc1. The maximum Gasteiger partial charge on any atom is 0.213 e. The summed E-state index contributed by atoms with van der Waals surface area (Å²) in [5.41, 5.74) is 5.35. The van der Waals surface area contributed by atoms with Gasteiger partial charge in [0, 0.05) is 10.8 Å². The van der Waals surface area contributed by atoms with Crippen molar-refractivity contribution in [2.45, 2.75) is 310 Å². The monoisotopic (exact) mass is 1290 g/mol. The van der Waals surface area contributed by atoms with Crippen molar-refractivity contribution >= 4 is 43.1 Å². The van der Waals surface area contributed by atoms with Crippen LogP contribution in [0.3, 0.4) is 0 Å². The molecule has 0 heterocycles. The average molecular weight is 1290 g/mol. The molecule has 0 aromatic heterocycles. The third-order valence-electron chi connectivity index (χ3n) is 20.6. The lowest BCUT2D eigenvalue weighted by molar-refractivity contribution is 0.391. The lowest BCUT2D eigenvalue weighted by atomic mass is 9.88. The molecule has 0 radical (unpaired) electrons. The number of aryl methyl sites for hydroxylation is 4. The first-order valence-electron chi connectivity index (χ1n) is 39.8. The van der Waals surface area contributed by atoms with Crippen molar-refractivity contribution < 1.29 is 18.9 Å². The zero-order chi connectivity index (χ0) is 66.5. The van der Waals surface area contributed by atoms with Gasteiger partial charge in [-0.1, -0.05) is 344 Å². The fraction of sp³-hybridized carbons (Fsp3) is 0.522. The van der Waals surface area contributed by atoms with E-state index in [4.69, 9.17) is 18.9 Å². The van der Waals surface area contributed by atoms with Gasteiger partial charge in [0.1, 0.15) is 28.7 Å². The highest BCUT2D eigenvalue weighted by Crippen LogP contribution is 2.58. The number of unbranched alkanes of at least 4 members (excludes halogenated alkanes) is 36. The first kappa shape index (κ1) is 73.7. The Kier molecular flexibility index (Phi) is 33.0. The van der Waals surface area contributed by atoms with E-state index in [0.717, 1.165) is 75.6 Å². The molecule has 0 N–H and O–H groups in total. The van der Waals surface area contributed by atoms with Gasteiger partial charge in [-0.25, -0.2) is 0 Å². The number of rotatable bonds is 52. The Morgan fingerprint density at radius 3 is 0.802 bits per heavy atom. The van der Waals surface area contributed by atoms with Gasteiger partial charge < -0.3 is 18.9 Å². The van der Waals surface area contributed by atoms with E-state index in [-0.39, 0.29) is 0 Å². The van der Waals surface area contributed by atoms with E-state index in [1.807, 2.05) is 0 Å². The van der Waals surface area contributed by atoms with Crippen LogP contribution in [0.15, 0.2) is 146 Å². The molecule has 4 nitrogen and oxygen atoms in total. The summed E-state index contributed by atoms with van der Waals surface area (Å²) in [4.78, 5) is 0. The van der Waals surface area contributed by atoms with Crippen molar-refractivity contribution in [3.05, 3.63) is 168 Å². The van der Waals surface area contributed by atoms with E-state index >= 15 is 0 Å². The lowest BCUT2D eigenvalue weighted by Gasteiger charge is -2.25. The number of ether oxygens (including phenoxy) is 4. The summed E-state index contributed by atoms with van der Waals surface area (Å²) < 4.78 is 29.9. The van der Waals surface area contributed by atoms with E-state index in [0.29, 0.717) is 23.0 Å². The molecule has 0 bridgehead atoms. The van der Waals surface area contributed by atoms with Crippen LogP contribution in [0.4, 0.5) is 0 Å². The second-order valence-corrected chi connectivity index (χ2v) is 28.6. The van der Waals surface area contributed by atoms with Gasteiger partial charge in [-0.15, -0.1) is 0 Å². The summed E-state index contributed by atoms with van der Waals surface area (Å²) in [6.07, 6.45) is 57.6. The first-order chi connectivity index (χ1) is 47.5. The van der Waals surface area contributed by atoms with E-state index < -0.39 is 0 Å². The molecule has 0 amide bonds. The molecule has 96 heavy (non-hydrogen) atoms. The highest BCUT2D eigenvalue weighted by atomic mass is 16.5. The number of hydrogen-bond donors (Lipinski definition) is 0. The van der Waals surface area contributed by atoms with Gasteiger partial charge in [0.05, 0.1) is 5.39 Å². The second-order valence-electron chi connectivity index (χ2n) is 28.6. The fourth-order valence-corrected chi connectivity index (χ4v) is 14.8. The third kappa shape index (κ3) is 23.6. The fourth-order valence-electron chi connectivity index (χ4n) is 14.8. The van der Waals surface area contributed by atoms with Crippen molar-refractivity contribution in [3.63, 3.8) is 0 Å². The number of hydrogen-bond acceptors (Lipinski definition) is 4. The van der Waals surface area contributed by atoms with Crippen molar-refractivity contribution in [1.82, 2.24) is 0 Å². The normalized spacial score (nSPS) is 11.7. The average Bonchev–Trinajstić information content (AvgIpc) is 0.701. The van der Waals surface area contributed by atoms with Gasteiger partial charge in [0.2, 0.25) is 5.75 Å². The molecule has 0 aliphatic heterocycles. The Morgan fingerprint density at radius 2 is 0.469 bits per heavy atom. The van der Waals surface area contributed by atoms with Gasteiger partial charge in [-0.2, -0.15) is 0 Å². The minimum Gasteiger partial charge on any atom is -0.457 e. The Balaban J connectivity index is 1.06. The quantitative estimate of drug-likeness (QED) is 0.0216. The minimum atomic E-state index is 0.522. The van der Waals surface area contributed by atoms with Gasteiger partial charge in [-0.05, 0) is 161 Å². The summed E-state index contributed by atoms with van der Waals surface area (Å²) in [7, 11) is 0. The molecule has 0 saturated heterocycles. The van der Waals surface area contributed by atoms with E-state index in [9.17, 15) is 0 Å². The highest BCUT2D eigenvalue weighted by Gasteiger charge is 2.30. The van der Waals surface area contributed by atoms with E-state index in [1.165, 1.54) is 295 Å². The van der Waals surface area contributed by atoms with Gasteiger partial charge in [0.25, 0.3) is 0 Å². The van der Waals surface area contributed by atoms with Crippen LogP contribution in [0, 0.1) is 0 Å². The molecule has 0 unspecified atom stereocenters. The standard InChI is InChI=1S/C92H124O4/c1-5-9-13-17-21-25-29-33-37-41-47-73-55-63-78(64-56-73)93-85-72-71-83-82-53-45-51-77-52-46-54-84(86(77)82)88-87(83)89(85)91(95-80-67-59-75(60-68-80)49-43-39-35-31-27-23-19-15-11-7-3)92(96-81-69-61-76(62-70-81)50-44-40-36-32-28-24-20-16-12-8-4)90(88)94-79-65-57-74(58-66-79)48-42-38-34-30-26-22-18-14-10-6-2/h45-46,51-72H,5-44,47-50H2,1-4H3. The Morgan fingerprint density at radius 1 is 0.198 bits per heavy atom. The summed E-state index contributed by atoms with van der Waals surface area (Å²) >= 11 is 0. The molecule has 0 atom stereocenters. The van der Waals surface area contributed by atoms with Crippen molar-refractivity contribution in [2.24, 2.45) is 0 Å². The van der Waals surface area contributed by atoms with Gasteiger partial charge >= 0.3 is 0 Å². The maximum absolute atomic E-state index is 7.55. The van der Waals surface area contributed by atoms with Crippen molar-refractivity contribution in [3.8, 4) is 46.0 Å². The first-order valence-corrected chi connectivity index (χ1v) is 39.8. The number of benzene rings is 9. The molecule has 9 aromatic carbocycles. The summed E-state index contributed by atoms with van der Waals surface area (Å²) in [5.74, 6) is 5.44. The van der Waals surface area contributed by atoms with Crippen LogP contribution in [0.2, 0.25) is 0 Å². The van der Waals surface area contributed by atoms with Crippen molar-refractivity contribution in [2.75, 3.05) is 0 Å². The summed E-state index contributed by atoms with van der Waals surface area (Å²) in [6, 6.07) is 53.3. The molecule has 0 fully saturated rings. The van der Waals surface area contributed by atoms with Crippen LogP contribution >= 0.6 is 0 Å². The Hall–Kier alpha value is -6.52. The second kappa shape index (κ2) is 43.0. The summed E-state index contributed by atoms with van der Waals surface area (Å²) in [5, 5.41) is 8.62. The molecular weight excluding hydrogens is 1170 g/mol. The van der Waals surface area contributed by atoms with E-state index in [1.54, 1.807) is 0 Å². The lowest BCUT2D eigenvalue weighted by Crippen LogP contribution is -2.01. The highest BCUT2D eigenvalue weighted by molar-refractivity contribution is 6.36. The topological polar surface area (TPSA) is 36.9 Å². The van der Waals surface area contributed by atoms with E-state index in [2.05, 4.69) is 173 Å². The third-order valence-corrected chi connectivity index (χ3v) is 20.6. The zero-order valence-electron chi connectivity index (χ0n) is 60.6. The van der Waals surface area contributed by atoms with Crippen molar-refractivity contribution in [1.29, 1.82) is 0 Å². The van der Waals surface area contributed by atoms with Crippen LogP contribution in [-0.4, -0.2) is 0 Å².